The molecule has 2 aromatic rings. The Bertz CT molecular complexity index is 910. The highest BCUT2D eigenvalue weighted by Crippen LogP contribution is 2.30. The predicted octanol–water partition coefficient (Wildman–Crippen LogP) is 2.84. The number of nitrogens with zero attached hydrogens (tertiary/aromatic N) is 2. The van der Waals surface area contributed by atoms with E-state index in [9.17, 15) is 22.8 Å². The number of nitrogens with one attached hydrogen (secondary N) is 2. The van der Waals surface area contributed by atoms with Crippen LogP contribution >= 0.6 is 11.6 Å². The quantitative estimate of drug-likeness (QED) is 0.781. The van der Waals surface area contributed by atoms with Gasteiger partial charge in [0.1, 0.15) is 5.02 Å². The lowest BCUT2D eigenvalue weighted by Crippen LogP contribution is -2.32. The number of hydrogen-bond acceptors (Lipinski definition) is 4. The summed E-state index contributed by atoms with van der Waals surface area (Å²) in [6.45, 7) is 0.519. The highest BCUT2D eigenvalue weighted by molar-refractivity contribution is 6.33. The molecule has 0 atom stereocenters. The number of amides is 1. The van der Waals surface area contributed by atoms with Crippen molar-refractivity contribution in [2.75, 3.05) is 18.4 Å². The van der Waals surface area contributed by atoms with Crippen LogP contribution in [-0.4, -0.2) is 28.8 Å². The van der Waals surface area contributed by atoms with Gasteiger partial charge in [-0.3, -0.25) is 9.59 Å². The summed E-state index contributed by atoms with van der Waals surface area (Å²) in [5, 5.41) is 9.05. The first-order chi connectivity index (χ1) is 12.8. The molecular formula is C17H16ClF3N4O2. The molecule has 1 heterocycles. The summed E-state index contributed by atoms with van der Waals surface area (Å²) in [5.41, 5.74) is -1.63. The van der Waals surface area contributed by atoms with E-state index in [-0.39, 0.29) is 28.8 Å². The molecule has 1 aromatic carbocycles. The molecule has 27 heavy (non-hydrogen) atoms. The highest BCUT2D eigenvalue weighted by Gasteiger charge is 2.30. The smallest absolute Gasteiger partial charge is 0.373 e. The molecule has 6 nitrogen and oxygen atoms in total. The average Bonchev–Trinajstić information content (AvgIpc) is 3.45. The second kappa shape index (κ2) is 7.59. The van der Waals surface area contributed by atoms with E-state index in [1.54, 1.807) is 0 Å². The molecule has 0 bridgehead atoms. The third-order valence-electron chi connectivity index (χ3n) is 4.06. The molecule has 0 saturated heterocycles. The van der Waals surface area contributed by atoms with Gasteiger partial charge in [-0.15, -0.1) is 0 Å². The van der Waals surface area contributed by atoms with Gasteiger partial charge in [-0.25, -0.2) is 0 Å². The van der Waals surface area contributed by atoms with Crippen LogP contribution in [0, 0.1) is 5.92 Å². The van der Waals surface area contributed by atoms with Crippen molar-refractivity contribution in [1.82, 2.24) is 15.1 Å². The predicted molar refractivity (Wildman–Crippen MR) is 94.1 cm³/mol. The maximum Gasteiger partial charge on any atom is 0.416 e. The minimum atomic E-state index is -4.54. The van der Waals surface area contributed by atoms with Crippen LogP contribution < -0.4 is 16.2 Å². The zero-order valence-corrected chi connectivity index (χ0v) is 14.8. The van der Waals surface area contributed by atoms with Gasteiger partial charge >= 0.3 is 6.18 Å². The lowest BCUT2D eigenvalue weighted by atomic mass is 10.2. The van der Waals surface area contributed by atoms with E-state index in [0.717, 1.165) is 29.7 Å². The minimum Gasteiger partial charge on any atom is -0.373 e. The van der Waals surface area contributed by atoms with Gasteiger partial charge < -0.3 is 10.6 Å². The summed E-state index contributed by atoms with van der Waals surface area (Å²) >= 11 is 6.01. The number of carbonyl (C=O) groups excluding carboxylic acids is 1. The third-order valence-corrected chi connectivity index (χ3v) is 4.43. The second-order valence-corrected chi connectivity index (χ2v) is 6.62. The monoisotopic (exact) mass is 400 g/mol. The van der Waals surface area contributed by atoms with Crippen molar-refractivity contribution in [3.05, 3.63) is 51.4 Å². The molecule has 1 amide bonds. The normalized spacial score (nSPS) is 14.1. The molecule has 3 rings (SSSR count). The van der Waals surface area contributed by atoms with Gasteiger partial charge in [0, 0.05) is 6.54 Å². The van der Waals surface area contributed by atoms with Crippen LogP contribution in [0.15, 0.2) is 35.3 Å². The largest absolute Gasteiger partial charge is 0.416 e. The summed E-state index contributed by atoms with van der Waals surface area (Å²) in [5.74, 6) is 0.288. The number of aromatic nitrogens is 2. The van der Waals surface area contributed by atoms with Crippen molar-refractivity contribution in [2.45, 2.75) is 19.0 Å². The standard InChI is InChI=1S/C17H16ClF3N4O2/c18-15-13(22-9-14(26)23-7-10-4-5-10)8-24-25(16(15)27)12-3-1-2-11(6-12)17(19,20)21/h1-3,6,8,10,22H,4-5,7,9H2,(H,23,26). The van der Waals surface area contributed by atoms with Crippen molar-refractivity contribution >= 4 is 23.2 Å². The molecule has 0 aliphatic heterocycles. The van der Waals surface area contributed by atoms with Crippen molar-refractivity contribution in [3.8, 4) is 5.69 Å². The average molecular weight is 401 g/mol. The van der Waals surface area contributed by atoms with Crippen LogP contribution in [-0.2, 0) is 11.0 Å². The Balaban J connectivity index is 1.75. The SMILES string of the molecule is O=C(CNc1cnn(-c2cccc(C(F)(F)F)c2)c(=O)c1Cl)NCC1CC1. The summed E-state index contributed by atoms with van der Waals surface area (Å²) in [4.78, 5) is 24.1. The first-order valence-electron chi connectivity index (χ1n) is 8.22. The number of benzene rings is 1. The van der Waals surface area contributed by atoms with E-state index in [4.69, 9.17) is 11.6 Å². The third kappa shape index (κ3) is 4.79. The molecule has 0 spiro atoms. The van der Waals surface area contributed by atoms with E-state index >= 15 is 0 Å². The number of alkyl halides is 3. The van der Waals surface area contributed by atoms with Gasteiger partial charge in [0.15, 0.2) is 0 Å². The van der Waals surface area contributed by atoms with Crippen LogP contribution in [0.2, 0.25) is 5.02 Å². The van der Waals surface area contributed by atoms with E-state index in [2.05, 4.69) is 15.7 Å². The summed E-state index contributed by atoms with van der Waals surface area (Å²) < 4.78 is 39.3. The fourth-order valence-corrected chi connectivity index (χ4v) is 2.57. The molecular weight excluding hydrogens is 385 g/mol. The number of rotatable bonds is 6. The van der Waals surface area contributed by atoms with Gasteiger partial charge in [-0.1, -0.05) is 17.7 Å². The van der Waals surface area contributed by atoms with Gasteiger partial charge in [0.05, 0.1) is 29.7 Å². The second-order valence-electron chi connectivity index (χ2n) is 6.24. The fraction of sp³-hybridized carbons (Fsp3) is 0.353. The van der Waals surface area contributed by atoms with Gasteiger partial charge in [0.2, 0.25) is 5.91 Å². The number of halogens is 4. The Kier molecular flexibility index (Phi) is 5.41. The Hall–Kier alpha value is -2.55. The zero-order chi connectivity index (χ0) is 19.6. The molecule has 1 saturated carbocycles. The summed E-state index contributed by atoms with van der Waals surface area (Å²) in [6, 6.07) is 4.20. The summed E-state index contributed by atoms with van der Waals surface area (Å²) in [6.07, 6.45) is -1.13. The van der Waals surface area contributed by atoms with E-state index < -0.39 is 17.3 Å². The van der Waals surface area contributed by atoms with Crippen molar-refractivity contribution in [3.63, 3.8) is 0 Å². The highest BCUT2D eigenvalue weighted by atomic mass is 35.5. The minimum absolute atomic E-state index is 0.0644. The molecule has 144 valence electrons. The fourth-order valence-electron chi connectivity index (χ4n) is 2.37. The summed E-state index contributed by atoms with van der Waals surface area (Å²) in [7, 11) is 0. The van der Waals surface area contributed by atoms with Crippen LogP contribution in [0.4, 0.5) is 18.9 Å². The molecule has 1 aromatic heterocycles. The van der Waals surface area contributed by atoms with Gasteiger partial charge in [-0.05, 0) is 37.0 Å². The number of carbonyl (C=O) groups is 1. The number of hydrogen-bond donors (Lipinski definition) is 2. The van der Waals surface area contributed by atoms with Crippen molar-refractivity contribution < 1.29 is 18.0 Å². The Morgan fingerprint density at radius 2 is 2.07 bits per heavy atom. The Morgan fingerprint density at radius 3 is 2.74 bits per heavy atom. The zero-order valence-electron chi connectivity index (χ0n) is 14.0. The molecule has 2 N–H and O–H groups in total. The molecule has 0 unspecified atom stereocenters. The first-order valence-corrected chi connectivity index (χ1v) is 8.59. The Morgan fingerprint density at radius 1 is 1.33 bits per heavy atom. The van der Waals surface area contributed by atoms with Crippen LogP contribution in [0.3, 0.4) is 0 Å². The molecule has 1 aliphatic carbocycles. The maximum absolute atomic E-state index is 12.8. The molecule has 1 fully saturated rings. The maximum atomic E-state index is 12.8. The van der Waals surface area contributed by atoms with Crippen LogP contribution in [0.25, 0.3) is 5.69 Å². The lowest BCUT2D eigenvalue weighted by molar-refractivity contribution is -0.137. The first kappa shape index (κ1) is 19.2. The van der Waals surface area contributed by atoms with Crippen molar-refractivity contribution in [2.24, 2.45) is 5.92 Å². The number of anilines is 1. The Labute approximate surface area is 157 Å². The molecule has 10 heteroatoms. The van der Waals surface area contributed by atoms with E-state index in [1.807, 2.05) is 0 Å². The van der Waals surface area contributed by atoms with Crippen LogP contribution in [0.1, 0.15) is 18.4 Å². The van der Waals surface area contributed by atoms with E-state index in [1.165, 1.54) is 18.3 Å². The van der Waals surface area contributed by atoms with Gasteiger partial charge in [0.25, 0.3) is 5.56 Å². The van der Waals surface area contributed by atoms with Crippen LogP contribution in [0.5, 0.6) is 0 Å². The van der Waals surface area contributed by atoms with E-state index in [0.29, 0.717) is 12.5 Å². The molecule has 1 aliphatic rings. The van der Waals surface area contributed by atoms with Gasteiger partial charge in [-0.2, -0.15) is 23.0 Å². The lowest BCUT2D eigenvalue weighted by Gasteiger charge is -2.12. The topological polar surface area (TPSA) is 76.0 Å². The van der Waals surface area contributed by atoms with Crippen molar-refractivity contribution in [1.29, 1.82) is 0 Å². The molecule has 0 radical (unpaired) electrons.